The SMILES string of the molecule is C=Cc1c(C)c2cc([N+](=O)[O-])ccc2[nH]c1=S. The summed E-state index contributed by atoms with van der Waals surface area (Å²) in [6.07, 6.45) is 1.66. The van der Waals surface area contributed by atoms with Crippen LogP contribution in [0.1, 0.15) is 11.1 Å². The summed E-state index contributed by atoms with van der Waals surface area (Å²) in [5, 5.41) is 11.5. The van der Waals surface area contributed by atoms with E-state index < -0.39 is 4.92 Å². The Morgan fingerprint density at radius 3 is 2.82 bits per heavy atom. The molecule has 86 valence electrons. The van der Waals surface area contributed by atoms with Gasteiger partial charge in [-0.3, -0.25) is 10.1 Å². The number of hydrogen-bond donors (Lipinski definition) is 1. The lowest BCUT2D eigenvalue weighted by molar-refractivity contribution is -0.384. The van der Waals surface area contributed by atoms with E-state index in [1.165, 1.54) is 6.07 Å². The molecule has 0 amide bonds. The number of nitrogens with one attached hydrogen (secondary N) is 1. The first-order valence-electron chi connectivity index (χ1n) is 4.98. The smallest absolute Gasteiger partial charge is 0.270 e. The number of hydrogen-bond acceptors (Lipinski definition) is 3. The predicted molar refractivity (Wildman–Crippen MR) is 70.6 cm³/mol. The Bertz CT molecular complexity index is 689. The van der Waals surface area contributed by atoms with E-state index in [-0.39, 0.29) is 5.69 Å². The van der Waals surface area contributed by atoms with E-state index in [1.54, 1.807) is 18.2 Å². The minimum absolute atomic E-state index is 0.0705. The van der Waals surface area contributed by atoms with E-state index in [0.717, 1.165) is 22.0 Å². The Hall–Kier alpha value is -2.01. The lowest BCUT2D eigenvalue weighted by atomic mass is 10.0. The molecule has 0 aliphatic carbocycles. The van der Waals surface area contributed by atoms with Crippen LogP contribution in [0.25, 0.3) is 17.0 Å². The fourth-order valence-corrected chi connectivity index (χ4v) is 2.16. The minimum atomic E-state index is -0.409. The number of aromatic amines is 1. The molecule has 4 nitrogen and oxygen atoms in total. The number of H-pyrrole nitrogens is 1. The second-order valence-electron chi connectivity index (χ2n) is 3.68. The molecule has 17 heavy (non-hydrogen) atoms. The predicted octanol–water partition coefficient (Wildman–Crippen LogP) is 3.76. The lowest BCUT2D eigenvalue weighted by Crippen LogP contribution is -1.93. The molecule has 0 saturated heterocycles. The molecular formula is C12H10N2O2S. The van der Waals surface area contributed by atoms with Crippen LogP contribution >= 0.6 is 12.2 Å². The van der Waals surface area contributed by atoms with Crippen LogP contribution < -0.4 is 0 Å². The molecule has 0 aliphatic heterocycles. The first kappa shape index (κ1) is 11.5. The molecule has 2 rings (SSSR count). The number of rotatable bonds is 2. The summed E-state index contributed by atoms with van der Waals surface area (Å²) in [5.74, 6) is 0. The highest BCUT2D eigenvalue weighted by Gasteiger charge is 2.10. The quantitative estimate of drug-likeness (QED) is 0.498. The zero-order valence-corrected chi connectivity index (χ0v) is 10.0. The third kappa shape index (κ3) is 1.85. The van der Waals surface area contributed by atoms with Gasteiger partial charge in [0, 0.05) is 28.6 Å². The molecule has 0 unspecified atom stereocenters. The number of nitrogens with zero attached hydrogens (tertiary/aromatic N) is 1. The van der Waals surface area contributed by atoms with Crippen molar-refractivity contribution in [3.63, 3.8) is 0 Å². The fraction of sp³-hybridized carbons (Fsp3) is 0.0833. The highest BCUT2D eigenvalue weighted by Crippen LogP contribution is 2.25. The third-order valence-electron chi connectivity index (χ3n) is 2.72. The van der Waals surface area contributed by atoms with Gasteiger partial charge in [0.2, 0.25) is 0 Å². The molecule has 0 radical (unpaired) electrons. The van der Waals surface area contributed by atoms with E-state index in [2.05, 4.69) is 11.6 Å². The molecular weight excluding hydrogens is 236 g/mol. The van der Waals surface area contributed by atoms with Gasteiger partial charge in [0.1, 0.15) is 4.64 Å². The number of nitro benzene ring substituents is 1. The number of aryl methyl sites for hydroxylation is 1. The summed E-state index contributed by atoms with van der Waals surface area (Å²) in [7, 11) is 0. The van der Waals surface area contributed by atoms with Gasteiger partial charge in [-0.15, -0.1) is 0 Å². The van der Waals surface area contributed by atoms with Crippen LogP contribution in [0.3, 0.4) is 0 Å². The zero-order valence-electron chi connectivity index (χ0n) is 9.19. The van der Waals surface area contributed by atoms with Gasteiger partial charge in [-0.2, -0.15) is 0 Å². The van der Waals surface area contributed by atoms with Gasteiger partial charge in [0.25, 0.3) is 5.69 Å². The van der Waals surface area contributed by atoms with Gasteiger partial charge in [0.05, 0.1) is 4.92 Å². The Labute approximate surface area is 103 Å². The largest absolute Gasteiger partial charge is 0.346 e. The first-order valence-corrected chi connectivity index (χ1v) is 5.39. The number of fused-ring (bicyclic) bond motifs is 1. The van der Waals surface area contributed by atoms with Crippen molar-refractivity contribution in [1.82, 2.24) is 4.98 Å². The van der Waals surface area contributed by atoms with Crippen molar-refractivity contribution in [2.75, 3.05) is 0 Å². The van der Waals surface area contributed by atoms with Crippen molar-refractivity contribution >= 4 is 34.9 Å². The van der Waals surface area contributed by atoms with Gasteiger partial charge in [-0.25, -0.2) is 0 Å². The van der Waals surface area contributed by atoms with Crippen molar-refractivity contribution in [1.29, 1.82) is 0 Å². The van der Waals surface area contributed by atoms with Crippen molar-refractivity contribution in [2.24, 2.45) is 0 Å². The Morgan fingerprint density at radius 2 is 2.24 bits per heavy atom. The van der Waals surface area contributed by atoms with Gasteiger partial charge in [-0.05, 0) is 18.6 Å². The summed E-state index contributed by atoms with van der Waals surface area (Å²) in [6, 6.07) is 4.67. The van der Waals surface area contributed by atoms with Gasteiger partial charge >= 0.3 is 0 Å². The molecule has 0 bridgehead atoms. The molecule has 0 atom stereocenters. The van der Waals surface area contributed by atoms with Crippen molar-refractivity contribution in [2.45, 2.75) is 6.92 Å². The van der Waals surface area contributed by atoms with Crippen LogP contribution in [0.5, 0.6) is 0 Å². The number of benzene rings is 1. The van der Waals surface area contributed by atoms with Crippen LogP contribution in [0.4, 0.5) is 5.69 Å². The zero-order chi connectivity index (χ0) is 12.6. The molecule has 1 aromatic heterocycles. The molecule has 2 aromatic rings. The van der Waals surface area contributed by atoms with E-state index in [1.807, 2.05) is 6.92 Å². The fourth-order valence-electron chi connectivity index (χ4n) is 1.82. The normalized spacial score (nSPS) is 10.4. The van der Waals surface area contributed by atoms with Crippen molar-refractivity contribution in [3.05, 3.63) is 50.7 Å². The topological polar surface area (TPSA) is 58.9 Å². The number of non-ortho nitro benzene ring substituents is 1. The standard InChI is InChI=1S/C12H10N2O2S/c1-3-9-7(2)10-6-8(14(15)16)4-5-11(10)13-12(9)17/h3-6H,1H2,2H3,(H,13,17). The maximum atomic E-state index is 10.7. The lowest BCUT2D eigenvalue weighted by Gasteiger charge is -2.06. The number of pyridine rings is 1. The Balaban J connectivity index is 2.89. The van der Waals surface area contributed by atoms with E-state index >= 15 is 0 Å². The maximum Gasteiger partial charge on any atom is 0.270 e. The molecule has 0 spiro atoms. The molecule has 0 fully saturated rings. The summed E-state index contributed by atoms with van der Waals surface area (Å²) in [5.41, 5.74) is 2.58. The first-order chi connectivity index (χ1) is 8.04. The van der Waals surface area contributed by atoms with Crippen LogP contribution in [-0.2, 0) is 0 Å². The van der Waals surface area contributed by atoms with Crippen LogP contribution in [0.2, 0.25) is 0 Å². The van der Waals surface area contributed by atoms with Crippen LogP contribution in [0, 0.1) is 21.7 Å². The number of nitro groups is 1. The Morgan fingerprint density at radius 1 is 1.53 bits per heavy atom. The highest BCUT2D eigenvalue weighted by atomic mass is 32.1. The summed E-state index contributed by atoms with van der Waals surface area (Å²) in [6.45, 7) is 5.58. The molecule has 0 aliphatic rings. The third-order valence-corrected chi connectivity index (χ3v) is 3.04. The van der Waals surface area contributed by atoms with E-state index in [4.69, 9.17) is 12.2 Å². The maximum absolute atomic E-state index is 10.7. The summed E-state index contributed by atoms with van der Waals surface area (Å²) < 4.78 is 0.596. The average molecular weight is 246 g/mol. The van der Waals surface area contributed by atoms with Crippen molar-refractivity contribution in [3.8, 4) is 0 Å². The highest BCUT2D eigenvalue weighted by molar-refractivity contribution is 7.71. The molecule has 0 saturated carbocycles. The molecule has 1 aromatic carbocycles. The van der Waals surface area contributed by atoms with Crippen molar-refractivity contribution < 1.29 is 4.92 Å². The van der Waals surface area contributed by atoms with Gasteiger partial charge in [-0.1, -0.05) is 24.9 Å². The monoisotopic (exact) mass is 246 g/mol. The molecule has 1 N–H and O–H groups in total. The summed E-state index contributed by atoms with van der Waals surface area (Å²) in [4.78, 5) is 13.4. The summed E-state index contributed by atoms with van der Waals surface area (Å²) >= 11 is 5.19. The van der Waals surface area contributed by atoms with E-state index in [0.29, 0.717) is 4.64 Å². The van der Waals surface area contributed by atoms with Gasteiger partial charge in [0.15, 0.2) is 0 Å². The van der Waals surface area contributed by atoms with Crippen LogP contribution in [-0.4, -0.2) is 9.91 Å². The van der Waals surface area contributed by atoms with Gasteiger partial charge < -0.3 is 4.98 Å². The number of aromatic nitrogens is 1. The molecule has 1 heterocycles. The second kappa shape index (κ2) is 4.10. The average Bonchev–Trinajstić information content (AvgIpc) is 2.29. The van der Waals surface area contributed by atoms with E-state index in [9.17, 15) is 10.1 Å². The Kier molecular flexibility index (Phi) is 2.77. The minimum Gasteiger partial charge on any atom is -0.346 e. The molecule has 5 heteroatoms. The second-order valence-corrected chi connectivity index (χ2v) is 4.09. The van der Waals surface area contributed by atoms with Crippen LogP contribution in [0.15, 0.2) is 24.8 Å².